The summed E-state index contributed by atoms with van der Waals surface area (Å²) in [7, 11) is 1.54. The van der Waals surface area contributed by atoms with Crippen LogP contribution in [0.1, 0.15) is 34.3 Å². The summed E-state index contributed by atoms with van der Waals surface area (Å²) >= 11 is 0. The summed E-state index contributed by atoms with van der Waals surface area (Å²) in [6.45, 7) is 3.62. The van der Waals surface area contributed by atoms with Crippen molar-refractivity contribution in [3.63, 3.8) is 0 Å². The molecule has 0 bridgehead atoms. The minimum Gasteiger partial charge on any atom is -0.391 e. The molecule has 0 aliphatic carbocycles. The fourth-order valence-electron chi connectivity index (χ4n) is 2.47. The van der Waals surface area contributed by atoms with Crippen LogP contribution in [0.3, 0.4) is 0 Å². The average molecular weight is 336 g/mol. The molecular formula is C17H21FN2O4. The number of carbonyl (C=O) groups excluding carboxylic acids is 1. The molecule has 1 aromatic heterocycles. The van der Waals surface area contributed by atoms with E-state index >= 15 is 0 Å². The summed E-state index contributed by atoms with van der Waals surface area (Å²) < 4.78 is 23.6. The van der Waals surface area contributed by atoms with Crippen molar-refractivity contribution in [1.82, 2.24) is 10.1 Å². The zero-order valence-electron chi connectivity index (χ0n) is 14.0. The molecule has 1 atom stereocenters. The molecule has 130 valence electrons. The van der Waals surface area contributed by atoms with E-state index in [0.29, 0.717) is 23.5 Å². The lowest BCUT2D eigenvalue weighted by Gasteiger charge is -2.28. The highest BCUT2D eigenvalue weighted by molar-refractivity contribution is 5.94. The van der Waals surface area contributed by atoms with Crippen molar-refractivity contribution < 1.29 is 23.6 Å². The second-order valence-electron chi connectivity index (χ2n) is 5.59. The molecule has 0 saturated carbocycles. The molecular weight excluding hydrogens is 315 g/mol. The van der Waals surface area contributed by atoms with Crippen molar-refractivity contribution in [2.45, 2.75) is 33.0 Å². The van der Waals surface area contributed by atoms with Gasteiger partial charge in [0.25, 0.3) is 5.91 Å². The smallest absolute Gasteiger partial charge is 0.277 e. The highest BCUT2D eigenvalue weighted by Crippen LogP contribution is 2.19. The van der Waals surface area contributed by atoms with Crippen LogP contribution in [0.25, 0.3) is 0 Å². The second kappa shape index (κ2) is 8.03. The first kappa shape index (κ1) is 18.1. The molecule has 0 radical (unpaired) electrons. The molecule has 1 unspecified atom stereocenters. The van der Waals surface area contributed by atoms with Gasteiger partial charge in [0.15, 0.2) is 5.69 Å². The van der Waals surface area contributed by atoms with Crippen LogP contribution in [0.15, 0.2) is 28.8 Å². The predicted octanol–water partition coefficient (Wildman–Crippen LogP) is 2.29. The van der Waals surface area contributed by atoms with E-state index in [1.807, 2.05) is 6.92 Å². The van der Waals surface area contributed by atoms with Crippen molar-refractivity contribution in [1.29, 1.82) is 0 Å². The van der Waals surface area contributed by atoms with Gasteiger partial charge in [0, 0.05) is 13.7 Å². The molecule has 1 heterocycles. The summed E-state index contributed by atoms with van der Waals surface area (Å²) in [6, 6.07) is 5.78. The first-order valence-electron chi connectivity index (χ1n) is 7.58. The maximum Gasteiger partial charge on any atom is 0.277 e. The Bertz CT molecular complexity index is 702. The molecule has 1 amide bonds. The number of aliphatic hydroxyl groups excluding tert-OH is 1. The Morgan fingerprint density at radius 2 is 2.25 bits per heavy atom. The number of aliphatic hydroxyl groups is 1. The zero-order chi connectivity index (χ0) is 17.7. The topological polar surface area (TPSA) is 75.8 Å². The lowest BCUT2D eigenvalue weighted by atomic mass is 10.1. The van der Waals surface area contributed by atoms with Gasteiger partial charge < -0.3 is 19.3 Å². The Balaban J connectivity index is 2.33. The molecule has 1 N–H and O–H groups in total. The Morgan fingerprint density at radius 3 is 2.88 bits per heavy atom. The molecule has 2 rings (SSSR count). The number of amides is 1. The highest BCUT2D eigenvalue weighted by Gasteiger charge is 2.28. The summed E-state index contributed by atoms with van der Waals surface area (Å²) in [4.78, 5) is 14.4. The third-order valence-corrected chi connectivity index (χ3v) is 3.79. The first-order chi connectivity index (χ1) is 11.5. The largest absolute Gasteiger partial charge is 0.391 e. The zero-order valence-corrected chi connectivity index (χ0v) is 14.0. The standard InChI is InChI=1S/C17H21FN2O4/c1-11(10-23-3)20(8-13-5-4-6-14(18)7-13)17(22)16-15(9-21)12(2)24-19-16/h4-7,11,21H,8-10H2,1-3H3. The molecule has 0 spiro atoms. The quantitative estimate of drug-likeness (QED) is 0.839. The molecule has 0 aliphatic heterocycles. The van der Waals surface area contributed by atoms with E-state index in [4.69, 9.17) is 9.26 Å². The number of aryl methyl sites for hydroxylation is 1. The van der Waals surface area contributed by atoms with Crippen LogP contribution in [0.4, 0.5) is 4.39 Å². The van der Waals surface area contributed by atoms with Crippen LogP contribution in [-0.4, -0.2) is 40.8 Å². The lowest BCUT2D eigenvalue weighted by molar-refractivity contribution is 0.0529. The maximum atomic E-state index is 13.4. The molecule has 1 aromatic carbocycles. The van der Waals surface area contributed by atoms with Crippen LogP contribution in [0.5, 0.6) is 0 Å². The van der Waals surface area contributed by atoms with Gasteiger partial charge in [-0.25, -0.2) is 4.39 Å². The van der Waals surface area contributed by atoms with Crippen LogP contribution >= 0.6 is 0 Å². The van der Waals surface area contributed by atoms with Crippen LogP contribution in [-0.2, 0) is 17.9 Å². The number of hydrogen-bond donors (Lipinski definition) is 1. The summed E-state index contributed by atoms with van der Waals surface area (Å²) in [5, 5.41) is 13.2. The fourth-order valence-corrected chi connectivity index (χ4v) is 2.47. The highest BCUT2D eigenvalue weighted by atomic mass is 19.1. The number of nitrogens with zero attached hydrogens (tertiary/aromatic N) is 2. The van der Waals surface area contributed by atoms with Gasteiger partial charge in [-0.1, -0.05) is 17.3 Å². The first-order valence-corrected chi connectivity index (χ1v) is 7.58. The van der Waals surface area contributed by atoms with E-state index in [1.54, 1.807) is 26.2 Å². The number of benzene rings is 1. The Labute approximate surface area is 139 Å². The van der Waals surface area contributed by atoms with Gasteiger partial charge in [0.05, 0.1) is 24.8 Å². The molecule has 6 nitrogen and oxygen atoms in total. The summed E-state index contributed by atoms with van der Waals surface area (Å²) in [5.41, 5.74) is 1.07. The van der Waals surface area contributed by atoms with E-state index in [1.165, 1.54) is 17.0 Å². The third kappa shape index (κ3) is 3.98. The van der Waals surface area contributed by atoms with E-state index in [2.05, 4.69) is 5.16 Å². The number of carbonyl (C=O) groups is 1. The number of ether oxygens (including phenoxy) is 1. The minimum atomic E-state index is -0.398. The van der Waals surface area contributed by atoms with Gasteiger partial charge in [-0.2, -0.15) is 0 Å². The molecule has 0 saturated heterocycles. The number of methoxy groups -OCH3 is 1. The van der Waals surface area contributed by atoms with Crippen LogP contribution in [0.2, 0.25) is 0 Å². The minimum absolute atomic E-state index is 0.0642. The second-order valence-corrected chi connectivity index (χ2v) is 5.59. The van der Waals surface area contributed by atoms with Gasteiger partial charge in [-0.05, 0) is 31.5 Å². The molecule has 0 fully saturated rings. The van der Waals surface area contributed by atoms with Crippen molar-refractivity contribution in [3.05, 3.63) is 52.7 Å². The monoisotopic (exact) mass is 336 g/mol. The predicted molar refractivity (Wildman–Crippen MR) is 84.8 cm³/mol. The Morgan fingerprint density at radius 1 is 1.50 bits per heavy atom. The van der Waals surface area contributed by atoms with E-state index in [-0.39, 0.29) is 30.7 Å². The summed E-state index contributed by atoms with van der Waals surface area (Å²) in [5.74, 6) is -0.372. The number of aromatic nitrogens is 1. The maximum absolute atomic E-state index is 13.4. The van der Waals surface area contributed by atoms with Crippen molar-refractivity contribution in [3.8, 4) is 0 Å². The van der Waals surface area contributed by atoms with Crippen molar-refractivity contribution >= 4 is 5.91 Å². The van der Waals surface area contributed by atoms with Gasteiger partial charge >= 0.3 is 0 Å². The fraction of sp³-hybridized carbons (Fsp3) is 0.412. The van der Waals surface area contributed by atoms with E-state index in [0.717, 1.165) is 0 Å². The van der Waals surface area contributed by atoms with Gasteiger partial charge in [-0.3, -0.25) is 4.79 Å². The summed E-state index contributed by atoms with van der Waals surface area (Å²) in [6.07, 6.45) is 0. The van der Waals surface area contributed by atoms with Crippen LogP contribution in [0, 0.1) is 12.7 Å². The van der Waals surface area contributed by atoms with E-state index < -0.39 is 5.91 Å². The average Bonchev–Trinajstić information content (AvgIpc) is 2.93. The Hall–Kier alpha value is -2.25. The van der Waals surface area contributed by atoms with E-state index in [9.17, 15) is 14.3 Å². The number of halogens is 1. The van der Waals surface area contributed by atoms with Crippen molar-refractivity contribution in [2.75, 3.05) is 13.7 Å². The number of rotatable bonds is 7. The SMILES string of the molecule is COCC(C)N(Cc1cccc(F)c1)C(=O)c1noc(C)c1CO. The molecule has 0 aliphatic rings. The molecule has 24 heavy (non-hydrogen) atoms. The van der Waals surface area contributed by atoms with Gasteiger partial charge in [0.2, 0.25) is 0 Å². The molecule has 2 aromatic rings. The lowest BCUT2D eigenvalue weighted by Crippen LogP contribution is -2.41. The third-order valence-electron chi connectivity index (χ3n) is 3.79. The molecule has 7 heteroatoms. The van der Waals surface area contributed by atoms with Crippen LogP contribution < -0.4 is 0 Å². The Kier molecular flexibility index (Phi) is 6.05. The van der Waals surface area contributed by atoms with Gasteiger partial charge in [-0.15, -0.1) is 0 Å². The van der Waals surface area contributed by atoms with Gasteiger partial charge in [0.1, 0.15) is 11.6 Å². The normalized spacial score (nSPS) is 12.2. The van der Waals surface area contributed by atoms with Crippen molar-refractivity contribution in [2.24, 2.45) is 0 Å². The number of hydrogen-bond acceptors (Lipinski definition) is 5.